The minimum Gasteiger partial charge on any atom is -0.449 e. The van der Waals surface area contributed by atoms with Crippen LogP contribution >= 0.6 is 0 Å². The molecule has 1 saturated heterocycles. The van der Waals surface area contributed by atoms with Crippen molar-refractivity contribution >= 4 is 27.9 Å². The fraction of sp³-hybridized carbons (Fsp3) is 0.263. The van der Waals surface area contributed by atoms with Gasteiger partial charge in [-0.3, -0.25) is 9.78 Å². The normalized spacial score (nSPS) is 16.3. The maximum absolute atomic E-state index is 12.6. The van der Waals surface area contributed by atoms with Crippen LogP contribution in [0.5, 0.6) is 0 Å². The average molecular weight is 384 g/mol. The van der Waals surface area contributed by atoms with Crippen molar-refractivity contribution in [3.63, 3.8) is 0 Å². The highest BCUT2D eigenvalue weighted by molar-refractivity contribution is 7.82. The molecule has 3 aromatic rings. The number of rotatable bonds is 5. The maximum Gasteiger partial charge on any atom is 0.287 e. The molecule has 1 aliphatic heterocycles. The molecule has 8 heteroatoms. The van der Waals surface area contributed by atoms with Crippen LogP contribution in [0.25, 0.3) is 11.0 Å². The third-order valence-electron chi connectivity index (χ3n) is 4.44. The van der Waals surface area contributed by atoms with E-state index in [1.807, 2.05) is 28.6 Å². The number of amides is 1. The Bertz CT molecular complexity index is 932. The van der Waals surface area contributed by atoms with Crippen molar-refractivity contribution in [3.05, 3.63) is 60.1 Å². The second kappa shape index (κ2) is 7.99. The third-order valence-corrected chi connectivity index (χ3v) is 5.94. The van der Waals surface area contributed by atoms with Gasteiger partial charge in [-0.15, -0.1) is 0 Å². The number of nitrogens with one attached hydrogen (secondary N) is 2. The first-order valence-electron chi connectivity index (χ1n) is 8.79. The fourth-order valence-electron chi connectivity index (χ4n) is 2.95. The molecular weight excluding hydrogens is 364 g/mol. The summed E-state index contributed by atoms with van der Waals surface area (Å²) in [6, 6.07) is 11.0. The minimum absolute atomic E-state index is 0.259. The van der Waals surface area contributed by atoms with Crippen LogP contribution in [0.15, 0.2) is 58.1 Å². The Morgan fingerprint density at radius 2 is 2.00 bits per heavy atom. The van der Waals surface area contributed by atoms with Gasteiger partial charge in [-0.2, -0.15) is 0 Å². The summed E-state index contributed by atoms with van der Waals surface area (Å²) in [4.78, 5) is 17.0. The van der Waals surface area contributed by atoms with Gasteiger partial charge >= 0.3 is 0 Å². The molecule has 7 nitrogen and oxygen atoms in total. The third kappa shape index (κ3) is 4.08. The quantitative estimate of drug-likeness (QED) is 0.699. The van der Waals surface area contributed by atoms with Crippen molar-refractivity contribution in [3.8, 4) is 0 Å². The molecule has 4 rings (SSSR count). The van der Waals surface area contributed by atoms with Crippen LogP contribution in [0.2, 0.25) is 0 Å². The van der Waals surface area contributed by atoms with E-state index < -0.39 is 11.0 Å². The maximum atomic E-state index is 12.6. The Kier molecular flexibility index (Phi) is 5.28. The van der Waals surface area contributed by atoms with Crippen molar-refractivity contribution in [1.29, 1.82) is 0 Å². The van der Waals surface area contributed by atoms with Gasteiger partial charge in [-0.1, -0.05) is 12.1 Å². The number of nitrogens with zero attached hydrogens (tertiary/aromatic N) is 2. The largest absolute Gasteiger partial charge is 0.449 e. The van der Waals surface area contributed by atoms with Gasteiger partial charge in [-0.25, -0.2) is 8.51 Å². The summed E-state index contributed by atoms with van der Waals surface area (Å²) in [6.07, 6.45) is 3.24. The summed E-state index contributed by atoms with van der Waals surface area (Å²) in [5.74, 6) is -0.0194. The van der Waals surface area contributed by atoms with E-state index in [0.717, 1.165) is 42.0 Å². The Balaban J connectivity index is 1.36. The summed E-state index contributed by atoms with van der Waals surface area (Å²) < 4.78 is 20.0. The average Bonchev–Trinajstić information content (AvgIpc) is 3.17. The summed E-state index contributed by atoms with van der Waals surface area (Å²) in [5.41, 5.74) is 1.52. The highest BCUT2D eigenvalue weighted by atomic mass is 32.2. The second-order valence-corrected chi connectivity index (χ2v) is 7.77. The molecule has 1 aliphatic rings. The van der Waals surface area contributed by atoms with Gasteiger partial charge in [0.05, 0.1) is 11.1 Å². The van der Waals surface area contributed by atoms with Gasteiger partial charge in [0.15, 0.2) is 11.3 Å². The van der Waals surface area contributed by atoms with Crippen LogP contribution < -0.4 is 10.6 Å². The summed E-state index contributed by atoms with van der Waals surface area (Å²) >= 11 is 0. The molecule has 1 amide bonds. The zero-order chi connectivity index (χ0) is 18.6. The van der Waals surface area contributed by atoms with Gasteiger partial charge in [-0.05, 0) is 29.8 Å². The number of pyridine rings is 1. The van der Waals surface area contributed by atoms with Crippen molar-refractivity contribution < 1.29 is 13.4 Å². The van der Waals surface area contributed by atoms with Crippen LogP contribution in [-0.2, 0) is 17.5 Å². The molecule has 1 atom stereocenters. The first-order valence-corrected chi connectivity index (χ1v) is 9.89. The number of hydrogen-bond acceptors (Lipinski definition) is 5. The van der Waals surface area contributed by atoms with E-state index in [1.165, 1.54) is 0 Å². The molecule has 2 aromatic heterocycles. The number of carbonyl (C=O) groups is 1. The lowest BCUT2D eigenvalue weighted by atomic mass is 10.2. The molecule has 3 heterocycles. The fourth-order valence-corrected chi connectivity index (χ4v) is 4.13. The standard InChI is InChI=1S/C19H20N4O3S/c24-19(17-11-15-5-6-21-13-18(15)26-17)22-12-14-1-3-16(4-2-14)27(25)23-9-7-20-8-10-23/h1-6,11,13,20H,7-10,12H2,(H,22,24). The van der Waals surface area contributed by atoms with E-state index in [0.29, 0.717) is 12.1 Å². The summed E-state index contributed by atoms with van der Waals surface area (Å²) in [5, 5.41) is 6.94. The molecule has 2 N–H and O–H groups in total. The molecule has 0 aliphatic carbocycles. The van der Waals surface area contributed by atoms with E-state index in [4.69, 9.17) is 4.42 Å². The summed E-state index contributed by atoms with van der Waals surface area (Å²) in [6.45, 7) is 3.63. The van der Waals surface area contributed by atoms with E-state index in [2.05, 4.69) is 15.6 Å². The number of carbonyl (C=O) groups excluding carboxylic acids is 1. The molecule has 0 saturated carbocycles. The number of aromatic nitrogens is 1. The van der Waals surface area contributed by atoms with Gasteiger partial charge in [0.1, 0.15) is 11.0 Å². The first-order chi connectivity index (χ1) is 13.2. The molecule has 1 unspecified atom stereocenters. The van der Waals surface area contributed by atoms with Gasteiger partial charge < -0.3 is 15.1 Å². The molecule has 1 fully saturated rings. The van der Waals surface area contributed by atoms with E-state index in [9.17, 15) is 9.00 Å². The Hall–Kier alpha value is -2.55. The lowest BCUT2D eigenvalue weighted by Crippen LogP contribution is -2.44. The highest BCUT2D eigenvalue weighted by Gasteiger charge is 2.17. The Morgan fingerprint density at radius 3 is 2.74 bits per heavy atom. The van der Waals surface area contributed by atoms with E-state index >= 15 is 0 Å². The lowest BCUT2D eigenvalue weighted by molar-refractivity contribution is 0.0925. The van der Waals surface area contributed by atoms with Crippen LogP contribution in [0, 0.1) is 0 Å². The van der Waals surface area contributed by atoms with Crippen molar-refractivity contribution in [2.75, 3.05) is 26.2 Å². The molecule has 1 aromatic carbocycles. The highest BCUT2D eigenvalue weighted by Crippen LogP contribution is 2.18. The monoisotopic (exact) mass is 384 g/mol. The molecule has 140 valence electrons. The smallest absolute Gasteiger partial charge is 0.287 e. The minimum atomic E-state index is -1.14. The molecule has 27 heavy (non-hydrogen) atoms. The van der Waals surface area contributed by atoms with E-state index in [1.54, 1.807) is 24.5 Å². The number of hydrogen-bond donors (Lipinski definition) is 2. The van der Waals surface area contributed by atoms with Gasteiger partial charge in [0.2, 0.25) is 0 Å². The van der Waals surface area contributed by atoms with Crippen molar-refractivity contribution in [2.24, 2.45) is 0 Å². The topological polar surface area (TPSA) is 87.5 Å². The Morgan fingerprint density at radius 1 is 1.22 bits per heavy atom. The number of benzene rings is 1. The number of piperazine rings is 1. The molecule has 0 radical (unpaired) electrons. The SMILES string of the molecule is O=C(NCc1ccc(S(=O)N2CCNCC2)cc1)c1cc2ccncc2o1. The predicted molar refractivity (Wildman–Crippen MR) is 102 cm³/mol. The van der Waals surface area contributed by atoms with Crippen molar-refractivity contribution in [1.82, 2.24) is 19.9 Å². The molecule has 0 spiro atoms. The zero-order valence-electron chi connectivity index (χ0n) is 14.7. The predicted octanol–water partition coefficient (Wildman–Crippen LogP) is 1.69. The number of furan rings is 1. The van der Waals surface area contributed by atoms with Gasteiger partial charge in [0, 0.05) is 44.3 Å². The first kappa shape index (κ1) is 17.8. The second-order valence-electron chi connectivity index (χ2n) is 6.28. The van der Waals surface area contributed by atoms with Crippen molar-refractivity contribution in [2.45, 2.75) is 11.4 Å². The van der Waals surface area contributed by atoms with Crippen LogP contribution in [0.3, 0.4) is 0 Å². The van der Waals surface area contributed by atoms with Crippen LogP contribution in [0.4, 0.5) is 0 Å². The Labute approximate surface area is 159 Å². The summed E-state index contributed by atoms with van der Waals surface area (Å²) in [7, 11) is -1.14. The zero-order valence-corrected chi connectivity index (χ0v) is 15.5. The molecule has 0 bridgehead atoms. The molecular formula is C19H20N4O3S. The van der Waals surface area contributed by atoms with Crippen LogP contribution in [-0.4, -0.2) is 45.6 Å². The van der Waals surface area contributed by atoms with Crippen LogP contribution in [0.1, 0.15) is 16.1 Å². The lowest BCUT2D eigenvalue weighted by Gasteiger charge is -2.25. The van der Waals surface area contributed by atoms with E-state index in [-0.39, 0.29) is 11.7 Å². The van der Waals surface area contributed by atoms with Gasteiger partial charge in [0.25, 0.3) is 5.91 Å². The number of fused-ring (bicyclic) bond motifs is 1.